The van der Waals surface area contributed by atoms with Crippen LogP contribution in [-0.2, 0) is 11.3 Å². The zero-order chi connectivity index (χ0) is 22.7. The molecule has 0 aliphatic carbocycles. The Balaban J connectivity index is 1.58. The number of anilines is 1. The second kappa shape index (κ2) is 9.45. The third-order valence-electron chi connectivity index (χ3n) is 6.05. The summed E-state index contributed by atoms with van der Waals surface area (Å²) < 4.78 is 0. The molecule has 1 saturated heterocycles. The lowest BCUT2D eigenvalue weighted by Crippen LogP contribution is -2.50. The molecule has 1 amide bonds. The van der Waals surface area contributed by atoms with Gasteiger partial charge in [-0.15, -0.1) is 0 Å². The molecule has 3 aromatic rings. The van der Waals surface area contributed by atoms with Crippen molar-refractivity contribution in [1.82, 2.24) is 4.90 Å². The minimum absolute atomic E-state index is 0.138. The number of ketones is 1. The summed E-state index contributed by atoms with van der Waals surface area (Å²) in [6, 6.07) is 21.6. The van der Waals surface area contributed by atoms with E-state index in [1.54, 1.807) is 30.3 Å². The van der Waals surface area contributed by atoms with Crippen LogP contribution in [0.4, 0.5) is 5.69 Å². The molecule has 1 aliphatic heterocycles. The Morgan fingerprint density at radius 1 is 0.969 bits per heavy atom. The smallest absolute Gasteiger partial charge is 0.244 e. The van der Waals surface area contributed by atoms with Gasteiger partial charge in [0.1, 0.15) is 0 Å². The molecule has 1 atom stereocenters. The summed E-state index contributed by atoms with van der Waals surface area (Å²) in [4.78, 5) is 28.8. The fourth-order valence-corrected chi connectivity index (χ4v) is 4.59. The number of benzene rings is 3. The molecule has 0 spiro atoms. The fourth-order valence-electron chi connectivity index (χ4n) is 4.20. The topological polar surface area (TPSA) is 49.4 Å². The van der Waals surface area contributed by atoms with Gasteiger partial charge in [0, 0.05) is 27.7 Å². The summed E-state index contributed by atoms with van der Waals surface area (Å²) >= 11 is 12.3. The van der Waals surface area contributed by atoms with Gasteiger partial charge in [0.2, 0.25) is 5.91 Å². The van der Waals surface area contributed by atoms with E-state index >= 15 is 0 Å². The Hall–Kier alpha value is -2.66. The highest BCUT2D eigenvalue weighted by molar-refractivity contribution is 6.31. The van der Waals surface area contributed by atoms with Gasteiger partial charge in [-0.3, -0.25) is 14.5 Å². The number of nitrogens with zero attached hydrogens (tertiary/aromatic N) is 1. The third-order valence-corrected chi connectivity index (χ3v) is 6.52. The van der Waals surface area contributed by atoms with Crippen LogP contribution in [-0.4, -0.2) is 28.7 Å². The lowest BCUT2D eigenvalue weighted by Gasteiger charge is -2.34. The van der Waals surface area contributed by atoms with E-state index in [9.17, 15) is 9.59 Å². The minimum atomic E-state index is -0.699. The maximum Gasteiger partial charge on any atom is 0.244 e. The normalized spacial score (nSPS) is 18.5. The molecule has 4 nitrogen and oxygen atoms in total. The number of halogens is 2. The third kappa shape index (κ3) is 4.73. The Morgan fingerprint density at radius 3 is 2.47 bits per heavy atom. The van der Waals surface area contributed by atoms with Gasteiger partial charge in [-0.1, -0.05) is 65.7 Å². The zero-order valence-electron chi connectivity index (χ0n) is 17.8. The van der Waals surface area contributed by atoms with Crippen LogP contribution < -0.4 is 5.32 Å². The highest BCUT2D eigenvalue weighted by atomic mass is 35.5. The number of nitrogens with one attached hydrogen (secondary N) is 1. The maximum atomic E-state index is 13.5. The average Bonchev–Trinajstić information content (AvgIpc) is 3.16. The van der Waals surface area contributed by atoms with E-state index in [1.807, 2.05) is 49.4 Å². The summed E-state index contributed by atoms with van der Waals surface area (Å²) in [5, 5.41) is 4.13. The molecule has 1 N–H and O–H groups in total. The molecule has 0 aromatic heterocycles. The van der Waals surface area contributed by atoms with Gasteiger partial charge < -0.3 is 5.32 Å². The summed E-state index contributed by atoms with van der Waals surface area (Å²) in [6.45, 7) is 3.39. The predicted octanol–water partition coefficient (Wildman–Crippen LogP) is 6.22. The van der Waals surface area contributed by atoms with Crippen LogP contribution in [0.3, 0.4) is 0 Å². The number of hydrogen-bond donors (Lipinski definition) is 1. The van der Waals surface area contributed by atoms with Crippen LogP contribution in [0.25, 0.3) is 0 Å². The van der Waals surface area contributed by atoms with E-state index in [1.165, 1.54) is 0 Å². The second-order valence-electron chi connectivity index (χ2n) is 8.27. The molecule has 164 valence electrons. The Kier molecular flexibility index (Phi) is 6.66. The maximum absolute atomic E-state index is 13.5. The van der Waals surface area contributed by atoms with Gasteiger partial charge >= 0.3 is 0 Å². The summed E-state index contributed by atoms with van der Waals surface area (Å²) in [5.41, 5.74) is 1.74. The Bertz CT molecular complexity index is 1150. The van der Waals surface area contributed by atoms with Crippen molar-refractivity contribution in [3.05, 3.63) is 99.5 Å². The van der Waals surface area contributed by atoms with Gasteiger partial charge in [-0.05, 0) is 62.2 Å². The fraction of sp³-hybridized carbons (Fsp3) is 0.231. The van der Waals surface area contributed by atoms with Crippen LogP contribution in [0.15, 0.2) is 72.8 Å². The van der Waals surface area contributed by atoms with E-state index in [2.05, 4.69) is 10.2 Å². The van der Waals surface area contributed by atoms with Crippen molar-refractivity contribution in [2.45, 2.75) is 31.8 Å². The molecular formula is C26H24Cl2N2O2. The van der Waals surface area contributed by atoms with Crippen LogP contribution in [0.5, 0.6) is 0 Å². The highest BCUT2D eigenvalue weighted by Gasteiger charge is 2.43. The van der Waals surface area contributed by atoms with Gasteiger partial charge in [0.25, 0.3) is 0 Å². The predicted molar refractivity (Wildman–Crippen MR) is 129 cm³/mol. The first-order valence-electron chi connectivity index (χ1n) is 10.6. The number of rotatable bonds is 6. The molecule has 0 unspecified atom stereocenters. The van der Waals surface area contributed by atoms with E-state index in [0.29, 0.717) is 33.4 Å². The summed E-state index contributed by atoms with van der Waals surface area (Å²) in [5.74, 6) is -0.322. The van der Waals surface area contributed by atoms with Crippen LogP contribution in [0.1, 0.15) is 41.3 Å². The largest absolute Gasteiger partial charge is 0.324 e. The molecule has 32 heavy (non-hydrogen) atoms. The van der Waals surface area contributed by atoms with Crippen molar-refractivity contribution >= 4 is 40.6 Å². The number of amides is 1. The van der Waals surface area contributed by atoms with E-state index in [0.717, 1.165) is 24.9 Å². The molecular weight excluding hydrogens is 443 g/mol. The Labute approximate surface area is 198 Å². The monoisotopic (exact) mass is 466 g/mol. The minimum Gasteiger partial charge on any atom is -0.324 e. The number of hydrogen-bond acceptors (Lipinski definition) is 3. The van der Waals surface area contributed by atoms with Crippen molar-refractivity contribution in [2.75, 3.05) is 11.9 Å². The van der Waals surface area contributed by atoms with Crippen molar-refractivity contribution in [2.24, 2.45) is 0 Å². The molecule has 0 bridgehead atoms. The highest BCUT2D eigenvalue weighted by Crippen LogP contribution is 2.33. The Morgan fingerprint density at radius 2 is 1.72 bits per heavy atom. The average molecular weight is 467 g/mol. The van der Waals surface area contributed by atoms with E-state index in [-0.39, 0.29) is 11.7 Å². The molecule has 6 heteroatoms. The molecule has 0 saturated carbocycles. The van der Waals surface area contributed by atoms with E-state index < -0.39 is 5.54 Å². The summed E-state index contributed by atoms with van der Waals surface area (Å²) in [6.07, 6.45) is 1.65. The lowest BCUT2D eigenvalue weighted by atomic mass is 9.96. The zero-order valence-corrected chi connectivity index (χ0v) is 19.3. The molecule has 1 fully saturated rings. The first-order chi connectivity index (χ1) is 15.4. The van der Waals surface area contributed by atoms with Crippen LogP contribution >= 0.6 is 23.2 Å². The first kappa shape index (κ1) is 22.5. The van der Waals surface area contributed by atoms with Gasteiger partial charge in [0.15, 0.2) is 5.78 Å². The molecule has 0 radical (unpaired) electrons. The number of carbonyl (C=O) groups is 2. The van der Waals surface area contributed by atoms with Crippen molar-refractivity contribution < 1.29 is 9.59 Å². The molecule has 1 aliphatic rings. The van der Waals surface area contributed by atoms with Gasteiger partial charge in [-0.25, -0.2) is 0 Å². The second-order valence-corrected chi connectivity index (χ2v) is 9.14. The SMILES string of the molecule is C[C@]1(C(=O)Nc2ccc(Cl)cc2C(=O)c2ccccc2)CCCN1Cc1cccc(Cl)c1. The van der Waals surface area contributed by atoms with Gasteiger partial charge in [-0.2, -0.15) is 0 Å². The molecule has 4 rings (SSSR count). The number of carbonyl (C=O) groups excluding carboxylic acids is 2. The van der Waals surface area contributed by atoms with Crippen molar-refractivity contribution in [3.63, 3.8) is 0 Å². The lowest BCUT2D eigenvalue weighted by molar-refractivity contribution is -0.125. The van der Waals surface area contributed by atoms with Crippen molar-refractivity contribution in [1.29, 1.82) is 0 Å². The molecule has 3 aromatic carbocycles. The van der Waals surface area contributed by atoms with Crippen molar-refractivity contribution in [3.8, 4) is 0 Å². The first-order valence-corrected chi connectivity index (χ1v) is 11.3. The van der Waals surface area contributed by atoms with Gasteiger partial charge in [0.05, 0.1) is 11.2 Å². The van der Waals surface area contributed by atoms with E-state index in [4.69, 9.17) is 23.2 Å². The van der Waals surface area contributed by atoms with Crippen LogP contribution in [0, 0.1) is 0 Å². The quantitative estimate of drug-likeness (QED) is 0.438. The summed E-state index contributed by atoms with van der Waals surface area (Å²) in [7, 11) is 0. The standard InChI is InChI=1S/C26H24Cl2N2O2/c1-26(13-6-14-30(26)17-18-7-5-10-20(27)15-18)25(32)29-23-12-11-21(28)16-22(23)24(31)19-8-3-2-4-9-19/h2-5,7-12,15-16H,6,13-14,17H2,1H3,(H,29,32)/t26-/m1/s1. The molecule has 1 heterocycles. The van der Waals surface area contributed by atoms with Crippen LogP contribution in [0.2, 0.25) is 10.0 Å². The number of likely N-dealkylation sites (tertiary alicyclic amines) is 1.